The smallest absolute Gasteiger partial charge is 0.384 e. The second-order valence-electron chi connectivity index (χ2n) is 5.88. The summed E-state index contributed by atoms with van der Waals surface area (Å²) in [5.74, 6) is 0. The molecular weight excluding hydrogens is 347 g/mol. The maximum absolute atomic E-state index is 13.0. The minimum Gasteiger partial charge on any atom is -0.384 e. The van der Waals surface area contributed by atoms with E-state index in [-0.39, 0.29) is 6.54 Å². The lowest BCUT2D eigenvalue weighted by Crippen LogP contribution is -2.47. The molecule has 0 aromatic carbocycles. The van der Waals surface area contributed by atoms with Crippen LogP contribution >= 0.6 is 0 Å². The number of nitrogens with zero attached hydrogens (tertiary/aromatic N) is 1. The summed E-state index contributed by atoms with van der Waals surface area (Å²) in [6.45, 7) is 1.74. The van der Waals surface area contributed by atoms with Crippen LogP contribution in [0.2, 0.25) is 0 Å². The highest BCUT2D eigenvalue weighted by atomic mass is 32.2. The van der Waals surface area contributed by atoms with Gasteiger partial charge in [0.25, 0.3) is 0 Å². The van der Waals surface area contributed by atoms with Crippen LogP contribution in [0.25, 0.3) is 0 Å². The number of alkyl halides is 3. The molecule has 24 heavy (non-hydrogen) atoms. The summed E-state index contributed by atoms with van der Waals surface area (Å²) in [6, 6.07) is 0.657. The zero-order valence-electron chi connectivity index (χ0n) is 13.2. The molecule has 6 nitrogen and oxygen atoms in total. The van der Waals surface area contributed by atoms with Crippen molar-refractivity contribution in [2.24, 2.45) is 5.41 Å². The Kier molecular flexibility index (Phi) is 5.84. The van der Waals surface area contributed by atoms with Crippen LogP contribution in [0.1, 0.15) is 18.4 Å². The molecule has 0 spiro atoms. The maximum Gasteiger partial charge on any atom is 0.417 e. The number of hydrogen-bond acceptors (Lipinski definition) is 5. The van der Waals surface area contributed by atoms with E-state index in [0.717, 1.165) is 12.4 Å². The molecule has 1 aliphatic rings. The molecule has 0 radical (unpaired) electrons. The third-order valence-corrected chi connectivity index (χ3v) is 5.56. The monoisotopic (exact) mass is 367 g/mol. The molecule has 0 saturated carbocycles. The van der Waals surface area contributed by atoms with E-state index in [1.165, 1.54) is 7.11 Å². The summed E-state index contributed by atoms with van der Waals surface area (Å²) >= 11 is 0. The lowest BCUT2D eigenvalue weighted by molar-refractivity contribution is -0.140. The molecule has 2 rings (SSSR count). The van der Waals surface area contributed by atoms with Gasteiger partial charge >= 0.3 is 6.18 Å². The third-order valence-electron chi connectivity index (χ3n) is 4.13. The van der Waals surface area contributed by atoms with Crippen molar-refractivity contribution in [2.45, 2.75) is 23.9 Å². The summed E-state index contributed by atoms with van der Waals surface area (Å²) in [7, 11) is -2.82. The van der Waals surface area contributed by atoms with E-state index in [2.05, 4.69) is 15.0 Å². The van der Waals surface area contributed by atoms with Gasteiger partial charge in [0, 0.05) is 31.5 Å². The van der Waals surface area contributed by atoms with Gasteiger partial charge in [0.2, 0.25) is 10.0 Å². The molecule has 1 fully saturated rings. The Morgan fingerprint density at radius 3 is 2.62 bits per heavy atom. The Bertz CT molecular complexity index is 653. The van der Waals surface area contributed by atoms with E-state index in [4.69, 9.17) is 4.74 Å². The molecule has 1 aliphatic heterocycles. The zero-order chi connectivity index (χ0) is 17.8. The molecule has 10 heteroatoms. The van der Waals surface area contributed by atoms with Gasteiger partial charge in [-0.2, -0.15) is 13.2 Å². The van der Waals surface area contributed by atoms with Crippen molar-refractivity contribution < 1.29 is 26.3 Å². The van der Waals surface area contributed by atoms with Crippen LogP contribution in [0.3, 0.4) is 0 Å². The van der Waals surface area contributed by atoms with Gasteiger partial charge in [0.1, 0.15) is 4.90 Å². The molecule has 1 saturated heterocycles. The first-order valence-electron chi connectivity index (χ1n) is 7.41. The fourth-order valence-corrected chi connectivity index (χ4v) is 4.11. The summed E-state index contributed by atoms with van der Waals surface area (Å²) in [4.78, 5) is 2.66. The summed E-state index contributed by atoms with van der Waals surface area (Å²) in [5, 5.41) is 3.16. The first kappa shape index (κ1) is 19.1. The first-order chi connectivity index (χ1) is 11.2. The predicted octanol–water partition coefficient (Wildman–Crippen LogP) is 1.39. The summed E-state index contributed by atoms with van der Waals surface area (Å²) < 4.78 is 71.3. The normalized spacial score (nSPS) is 18.5. The molecule has 0 bridgehead atoms. The predicted molar refractivity (Wildman–Crippen MR) is 80.8 cm³/mol. The number of rotatable bonds is 6. The fourth-order valence-electron chi connectivity index (χ4n) is 2.79. The van der Waals surface area contributed by atoms with Crippen molar-refractivity contribution in [2.75, 3.05) is 33.4 Å². The van der Waals surface area contributed by atoms with E-state index >= 15 is 0 Å². The zero-order valence-corrected chi connectivity index (χ0v) is 14.0. The van der Waals surface area contributed by atoms with Gasteiger partial charge in [-0.1, -0.05) is 0 Å². The van der Waals surface area contributed by atoms with Gasteiger partial charge in [0.15, 0.2) is 0 Å². The lowest BCUT2D eigenvalue weighted by atomic mass is 9.80. The molecule has 2 N–H and O–H groups in total. The fraction of sp³-hybridized carbons (Fsp3) is 0.643. The van der Waals surface area contributed by atoms with Gasteiger partial charge in [-0.15, -0.1) is 0 Å². The SMILES string of the molecule is COCC1(CNS(=O)(=O)c2cnccc2C(F)(F)F)CCNCC1. The van der Waals surface area contributed by atoms with Gasteiger partial charge in [-0.3, -0.25) is 4.98 Å². The number of hydrogen-bond donors (Lipinski definition) is 2. The molecule has 0 aliphatic carbocycles. The average Bonchev–Trinajstić information content (AvgIpc) is 2.54. The van der Waals surface area contributed by atoms with Crippen molar-refractivity contribution in [3.63, 3.8) is 0 Å². The molecule has 2 heterocycles. The third kappa shape index (κ3) is 4.44. The minimum absolute atomic E-state index is 0.0110. The van der Waals surface area contributed by atoms with E-state index in [0.29, 0.717) is 38.6 Å². The average molecular weight is 367 g/mol. The topological polar surface area (TPSA) is 80.3 Å². The number of pyridine rings is 1. The highest BCUT2D eigenvalue weighted by molar-refractivity contribution is 7.89. The van der Waals surface area contributed by atoms with Crippen LogP contribution in [0, 0.1) is 5.41 Å². The lowest BCUT2D eigenvalue weighted by Gasteiger charge is -2.37. The highest BCUT2D eigenvalue weighted by Gasteiger charge is 2.39. The molecule has 1 aromatic rings. The number of aromatic nitrogens is 1. The largest absolute Gasteiger partial charge is 0.417 e. The van der Waals surface area contributed by atoms with Crippen LogP contribution in [0.5, 0.6) is 0 Å². The summed E-state index contributed by atoms with van der Waals surface area (Å²) in [6.07, 6.45) is -1.80. The number of piperidine rings is 1. The van der Waals surface area contributed by atoms with Gasteiger partial charge in [-0.05, 0) is 32.0 Å². The number of sulfonamides is 1. The van der Waals surface area contributed by atoms with Crippen LogP contribution in [-0.2, 0) is 20.9 Å². The highest BCUT2D eigenvalue weighted by Crippen LogP contribution is 2.34. The van der Waals surface area contributed by atoms with Crippen LogP contribution in [0.4, 0.5) is 13.2 Å². The summed E-state index contributed by atoms with van der Waals surface area (Å²) in [5.41, 5.74) is -1.66. The second kappa shape index (κ2) is 7.34. The minimum atomic E-state index is -4.77. The molecular formula is C14H20F3N3O3S. The Hall–Kier alpha value is -1.23. The number of halogens is 3. The van der Waals surface area contributed by atoms with Crippen molar-refractivity contribution in [1.29, 1.82) is 0 Å². The Morgan fingerprint density at radius 1 is 1.38 bits per heavy atom. The molecule has 0 atom stereocenters. The van der Waals surface area contributed by atoms with Crippen molar-refractivity contribution in [1.82, 2.24) is 15.0 Å². The number of nitrogens with one attached hydrogen (secondary N) is 2. The van der Waals surface area contributed by atoms with Crippen molar-refractivity contribution >= 4 is 10.0 Å². The van der Waals surface area contributed by atoms with Gasteiger partial charge in [0.05, 0.1) is 12.2 Å². The Balaban J connectivity index is 2.23. The molecule has 0 unspecified atom stereocenters. The standard InChI is InChI=1S/C14H20F3N3O3S/c1-23-10-13(3-6-18-7-4-13)9-20-24(21,22)12-8-19-5-2-11(12)14(15,16)17/h2,5,8,18,20H,3-4,6-7,9-10H2,1H3. The van der Waals surface area contributed by atoms with E-state index < -0.39 is 32.1 Å². The van der Waals surface area contributed by atoms with E-state index in [9.17, 15) is 21.6 Å². The first-order valence-corrected chi connectivity index (χ1v) is 8.89. The van der Waals surface area contributed by atoms with Gasteiger partial charge < -0.3 is 10.1 Å². The van der Waals surface area contributed by atoms with E-state index in [1.807, 2.05) is 0 Å². The molecule has 0 amide bonds. The maximum atomic E-state index is 13.0. The van der Waals surface area contributed by atoms with Crippen molar-refractivity contribution in [3.8, 4) is 0 Å². The number of ether oxygens (including phenoxy) is 1. The molecule has 1 aromatic heterocycles. The van der Waals surface area contributed by atoms with Gasteiger partial charge in [-0.25, -0.2) is 13.1 Å². The van der Waals surface area contributed by atoms with Crippen molar-refractivity contribution in [3.05, 3.63) is 24.0 Å². The van der Waals surface area contributed by atoms with Crippen LogP contribution in [-0.4, -0.2) is 46.8 Å². The Morgan fingerprint density at radius 2 is 2.04 bits per heavy atom. The molecule has 136 valence electrons. The second-order valence-corrected chi connectivity index (χ2v) is 7.61. The van der Waals surface area contributed by atoms with Crippen LogP contribution in [0.15, 0.2) is 23.4 Å². The van der Waals surface area contributed by atoms with E-state index in [1.54, 1.807) is 0 Å². The number of methoxy groups -OCH3 is 1. The van der Waals surface area contributed by atoms with Crippen LogP contribution < -0.4 is 10.0 Å². The Labute approximate surface area is 138 Å². The quantitative estimate of drug-likeness (QED) is 0.794.